The highest BCUT2D eigenvalue weighted by Gasteiger charge is 2.46. The molecule has 2 unspecified atom stereocenters. The van der Waals surface area contributed by atoms with Crippen LogP contribution in [0.15, 0.2) is 48.5 Å². The van der Waals surface area contributed by atoms with Crippen molar-refractivity contribution in [3.05, 3.63) is 69.7 Å². The fraction of sp³-hybridized carbons (Fsp3) is 0.400. The third kappa shape index (κ3) is 4.20. The maximum absolute atomic E-state index is 10.8. The van der Waals surface area contributed by atoms with Gasteiger partial charge >= 0.3 is 0 Å². The smallest absolute Gasteiger partial charge is 0.184 e. The molecule has 6 atom stereocenters. The van der Waals surface area contributed by atoms with E-state index < -0.39 is 37.0 Å². The van der Waals surface area contributed by atoms with Crippen molar-refractivity contribution in [2.45, 2.75) is 37.0 Å². The molecule has 2 bridgehead atoms. The van der Waals surface area contributed by atoms with Crippen molar-refractivity contribution in [3.63, 3.8) is 0 Å². The molecule has 2 heterocycles. The summed E-state index contributed by atoms with van der Waals surface area (Å²) in [5.74, 6) is 0. The van der Waals surface area contributed by atoms with Crippen LogP contribution in [0.1, 0.15) is 23.7 Å². The van der Waals surface area contributed by atoms with Gasteiger partial charge in [-0.05, 0) is 24.3 Å². The molecule has 0 saturated carbocycles. The van der Waals surface area contributed by atoms with Crippen molar-refractivity contribution in [2.24, 2.45) is 0 Å². The fourth-order valence-electron chi connectivity index (χ4n) is 3.33. The van der Waals surface area contributed by atoms with Gasteiger partial charge in [0.2, 0.25) is 0 Å². The van der Waals surface area contributed by atoms with Gasteiger partial charge in [0, 0.05) is 21.2 Å². The van der Waals surface area contributed by atoms with E-state index in [4.69, 9.17) is 42.1 Å². The van der Waals surface area contributed by atoms with Crippen LogP contribution in [0.25, 0.3) is 0 Å². The summed E-state index contributed by atoms with van der Waals surface area (Å²) in [5, 5.41) is 21.9. The first kappa shape index (κ1) is 20.1. The second kappa shape index (κ2) is 8.65. The van der Waals surface area contributed by atoms with E-state index in [0.717, 1.165) is 11.1 Å². The second-order valence-electron chi connectivity index (χ2n) is 6.72. The van der Waals surface area contributed by atoms with E-state index >= 15 is 0 Å². The molecular weight excluding hydrogens is 407 g/mol. The van der Waals surface area contributed by atoms with E-state index in [1.165, 1.54) is 0 Å². The lowest BCUT2D eigenvalue weighted by molar-refractivity contribution is -0.249. The Bertz CT molecular complexity index is 782. The van der Waals surface area contributed by atoms with E-state index in [1.54, 1.807) is 48.5 Å². The summed E-state index contributed by atoms with van der Waals surface area (Å²) in [5.41, 5.74) is 1.46. The Hall–Kier alpha value is -1.22. The second-order valence-corrected chi connectivity index (χ2v) is 7.60. The van der Waals surface area contributed by atoms with Crippen molar-refractivity contribution in [2.75, 3.05) is 13.2 Å². The molecule has 8 heteroatoms. The van der Waals surface area contributed by atoms with E-state index in [1.807, 2.05) is 0 Å². The topological polar surface area (TPSA) is 77.4 Å². The molecule has 2 aliphatic rings. The number of halogens is 2. The molecule has 28 heavy (non-hydrogen) atoms. The van der Waals surface area contributed by atoms with Crippen molar-refractivity contribution < 1.29 is 29.2 Å². The molecule has 0 aromatic heterocycles. The van der Waals surface area contributed by atoms with E-state index in [2.05, 4.69) is 0 Å². The first-order valence-electron chi connectivity index (χ1n) is 8.93. The Kier molecular flexibility index (Phi) is 6.20. The summed E-state index contributed by atoms with van der Waals surface area (Å²) in [6.07, 6.45) is -4.91. The minimum Gasteiger partial charge on any atom is -0.394 e. The molecule has 2 saturated heterocycles. The standard InChI is InChI=1S/C20H20Cl2O6/c21-13-5-1-11(2-6-13)19-25-10-16-17(24)18(28-19)15(9-23)26-20(27-16)12-3-7-14(22)8-4-12/h1-8,15-20,23-24H,9-10H2/t15-,16+,17+,18+,19?,20?/m0/s1. The van der Waals surface area contributed by atoms with Gasteiger partial charge in [0.15, 0.2) is 12.6 Å². The van der Waals surface area contributed by atoms with Gasteiger partial charge in [0.1, 0.15) is 24.4 Å². The predicted octanol–water partition coefficient (Wildman–Crippen LogP) is 3.24. The van der Waals surface area contributed by atoms with Crippen LogP contribution < -0.4 is 0 Å². The third-order valence-electron chi connectivity index (χ3n) is 4.84. The lowest BCUT2D eigenvalue weighted by Crippen LogP contribution is -2.45. The lowest BCUT2D eigenvalue weighted by Gasteiger charge is -2.29. The highest BCUT2D eigenvalue weighted by molar-refractivity contribution is 6.30. The van der Waals surface area contributed by atoms with Gasteiger partial charge < -0.3 is 29.2 Å². The average molecular weight is 427 g/mol. The average Bonchev–Trinajstić information content (AvgIpc) is 2.94. The van der Waals surface area contributed by atoms with Gasteiger partial charge in [0.25, 0.3) is 0 Å². The summed E-state index contributed by atoms with van der Waals surface area (Å²) in [6.45, 7) is -0.258. The van der Waals surface area contributed by atoms with E-state index in [9.17, 15) is 10.2 Å². The van der Waals surface area contributed by atoms with Gasteiger partial charge in [-0.3, -0.25) is 0 Å². The van der Waals surface area contributed by atoms with Crippen molar-refractivity contribution in [1.82, 2.24) is 0 Å². The number of fused-ring (bicyclic) bond motifs is 2. The first-order chi connectivity index (χ1) is 13.5. The number of ether oxygens (including phenoxy) is 4. The fourth-order valence-corrected chi connectivity index (χ4v) is 3.58. The Morgan fingerprint density at radius 2 is 1.39 bits per heavy atom. The van der Waals surface area contributed by atoms with Gasteiger partial charge in [0.05, 0.1) is 13.2 Å². The molecule has 0 aliphatic carbocycles. The summed E-state index contributed by atoms with van der Waals surface area (Å²) < 4.78 is 23.8. The quantitative estimate of drug-likeness (QED) is 0.784. The van der Waals surface area contributed by atoms with Crippen molar-refractivity contribution in [3.8, 4) is 0 Å². The van der Waals surface area contributed by atoms with Crippen LogP contribution >= 0.6 is 23.2 Å². The van der Waals surface area contributed by atoms with Gasteiger partial charge in [-0.15, -0.1) is 0 Å². The predicted molar refractivity (Wildman–Crippen MR) is 102 cm³/mol. The molecule has 2 aromatic rings. The number of hydrogen-bond acceptors (Lipinski definition) is 6. The monoisotopic (exact) mass is 426 g/mol. The van der Waals surface area contributed by atoms with Gasteiger partial charge in [-0.1, -0.05) is 47.5 Å². The third-order valence-corrected chi connectivity index (χ3v) is 5.34. The Morgan fingerprint density at radius 3 is 1.96 bits per heavy atom. The van der Waals surface area contributed by atoms with Crippen LogP contribution in [-0.2, 0) is 18.9 Å². The largest absolute Gasteiger partial charge is 0.394 e. The highest BCUT2D eigenvalue weighted by atomic mass is 35.5. The summed E-state index contributed by atoms with van der Waals surface area (Å²) in [4.78, 5) is 0. The minimum absolute atomic E-state index is 0.0938. The zero-order valence-corrected chi connectivity index (χ0v) is 16.3. The van der Waals surface area contributed by atoms with Crippen LogP contribution in [0.4, 0.5) is 0 Å². The number of rotatable bonds is 3. The summed E-state index contributed by atoms with van der Waals surface area (Å²) >= 11 is 11.9. The van der Waals surface area contributed by atoms with E-state index in [0.29, 0.717) is 10.0 Å². The molecular formula is C20H20Cl2O6. The van der Waals surface area contributed by atoms with Crippen molar-refractivity contribution in [1.29, 1.82) is 0 Å². The van der Waals surface area contributed by atoms with Gasteiger partial charge in [-0.25, -0.2) is 0 Å². The molecule has 2 N–H and O–H groups in total. The van der Waals surface area contributed by atoms with Crippen LogP contribution in [-0.4, -0.2) is 47.8 Å². The summed E-state index contributed by atoms with van der Waals surface area (Å²) in [6, 6.07) is 14.0. The zero-order chi connectivity index (χ0) is 19.7. The van der Waals surface area contributed by atoms with E-state index in [-0.39, 0.29) is 13.2 Å². The molecule has 0 spiro atoms. The maximum Gasteiger partial charge on any atom is 0.184 e. The normalized spacial score (nSPS) is 33.1. The number of aliphatic hydroxyl groups excluding tert-OH is 2. The number of benzene rings is 2. The van der Waals surface area contributed by atoms with Crippen LogP contribution in [0.2, 0.25) is 10.0 Å². The lowest BCUT2D eigenvalue weighted by atomic mass is 10.0. The Balaban J connectivity index is 1.59. The summed E-state index contributed by atoms with van der Waals surface area (Å²) in [7, 11) is 0. The van der Waals surface area contributed by atoms with Crippen LogP contribution in [0.5, 0.6) is 0 Å². The Morgan fingerprint density at radius 1 is 0.821 bits per heavy atom. The Labute approximate surface area is 172 Å². The SMILES string of the molecule is OC[C@@H]1OC(c2ccc(Cl)cc2)O[C@@H]2COC(c3ccc(Cl)cc3)O[C@H]1[C@@H]2O. The number of hydrogen-bond donors (Lipinski definition) is 2. The molecule has 6 nitrogen and oxygen atoms in total. The number of aliphatic hydroxyl groups is 2. The molecule has 2 aliphatic heterocycles. The minimum atomic E-state index is -1.04. The molecule has 150 valence electrons. The first-order valence-corrected chi connectivity index (χ1v) is 9.68. The van der Waals surface area contributed by atoms with Gasteiger partial charge in [-0.2, -0.15) is 0 Å². The zero-order valence-electron chi connectivity index (χ0n) is 14.8. The molecule has 2 fully saturated rings. The van der Waals surface area contributed by atoms with Crippen LogP contribution in [0, 0.1) is 0 Å². The molecule has 2 aromatic carbocycles. The maximum atomic E-state index is 10.8. The molecule has 0 radical (unpaired) electrons. The van der Waals surface area contributed by atoms with Crippen molar-refractivity contribution >= 4 is 23.2 Å². The molecule has 4 rings (SSSR count). The molecule has 0 amide bonds. The van der Waals surface area contributed by atoms with Crippen LogP contribution in [0.3, 0.4) is 0 Å². The highest BCUT2D eigenvalue weighted by Crippen LogP contribution is 2.36.